The number of hydrogen-bond acceptors (Lipinski definition) is 4. The van der Waals surface area contributed by atoms with E-state index in [1.807, 2.05) is 36.4 Å². The molecule has 0 unspecified atom stereocenters. The molecule has 1 fully saturated rings. The minimum Gasteiger partial charge on any atom is -0.507 e. The van der Waals surface area contributed by atoms with Gasteiger partial charge in [-0.1, -0.05) is 83.1 Å². The lowest BCUT2D eigenvalue weighted by molar-refractivity contribution is -0.112. The molecule has 2 aromatic carbocycles. The summed E-state index contributed by atoms with van der Waals surface area (Å²) < 4.78 is 0. The number of hydrogen-bond donors (Lipinski definition) is 3. The zero-order valence-corrected chi connectivity index (χ0v) is 26.2. The van der Waals surface area contributed by atoms with Crippen molar-refractivity contribution in [3.63, 3.8) is 0 Å². The van der Waals surface area contributed by atoms with Gasteiger partial charge in [-0.25, -0.2) is 0 Å². The number of ketones is 1. The van der Waals surface area contributed by atoms with Gasteiger partial charge in [-0.05, 0) is 69.2 Å². The number of piperidine rings is 1. The number of nitrogens with one attached hydrogen (secondary N) is 1. The van der Waals surface area contributed by atoms with Gasteiger partial charge in [0.2, 0.25) is 0 Å². The van der Waals surface area contributed by atoms with E-state index in [0.29, 0.717) is 35.7 Å². The van der Waals surface area contributed by atoms with Gasteiger partial charge in [0.15, 0.2) is 5.78 Å². The highest BCUT2D eigenvalue weighted by Gasteiger charge is 2.29. The van der Waals surface area contributed by atoms with Crippen molar-refractivity contribution in [2.45, 2.75) is 105 Å². The molecule has 0 aromatic heterocycles. The minimum atomic E-state index is -0.243. The maximum Gasteiger partial charge on any atom is 0.187 e. The van der Waals surface area contributed by atoms with Crippen LogP contribution >= 0.6 is 0 Å². The minimum absolute atomic E-state index is 0.0270. The Morgan fingerprint density at radius 1 is 0.564 bits per heavy atom. The molecule has 4 heteroatoms. The van der Waals surface area contributed by atoms with E-state index in [2.05, 4.69) is 88.4 Å². The SMILES string of the molecule is CC(C)(C)c1cc(/C=C2\CNC/C(=C\c3cc(C(C)(C)C)c(O)c(C(C)(C)C)c3)C2=O)cc(C(C)(C)C)c1O. The van der Waals surface area contributed by atoms with E-state index in [4.69, 9.17) is 0 Å². The molecule has 1 aliphatic rings. The van der Waals surface area contributed by atoms with E-state index in [0.717, 1.165) is 33.4 Å². The first-order valence-electron chi connectivity index (χ1n) is 14.0. The van der Waals surface area contributed by atoms with Crippen molar-refractivity contribution in [2.75, 3.05) is 13.1 Å². The molecular formula is C35H49NO3. The Morgan fingerprint density at radius 2 is 0.821 bits per heavy atom. The summed E-state index contributed by atoms with van der Waals surface area (Å²) in [5, 5.41) is 25.6. The van der Waals surface area contributed by atoms with Crippen LogP contribution in [0.4, 0.5) is 0 Å². The third-order valence-corrected chi connectivity index (χ3v) is 7.39. The molecule has 0 spiro atoms. The van der Waals surface area contributed by atoms with Crippen molar-refractivity contribution in [3.05, 3.63) is 68.8 Å². The molecule has 0 saturated carbocycles. The van der Waals surface area contributed by atoms with Crippen LogP contribution in [0.3, 0.4) is 0 Å². The van der Waals surface area contributed by atoms with E-state index in [1.54, 1.807) is 0 Å². The normalized spacial score (nSPS) is 17.8. The van der Waals surface area contributed by atoms with Gasteiger partial charge in [0.1, 0.15) is 11.5 Å². The first kappa shape index (κ1) is 30.7. The summed E-state index contributed by atoms with van der Waals surface area (Å²) >= 11 is 0. The molecule has 0 bridgehead atoms. The van der Waals surface area contributed by atoms with Gasteiger partial charge < -0.3 is 15.5 Å². The van der Waals surface area contributed by atoms with Crippen LogP contribution in [0.25, 0.3) is 12.2 Å². The summed E-state index contributed by atoms with van der Waals surface area (Å²) in [6, 6.07) is 8.03. The zero-order valence-electron chi connectivity index (χ0n) is 26.2. The predicted molar refractivity (Wildman–Crippen MR) is 165 cm³/mol. The van der Waals surface area contributed by atoms with Crippen LogP contribution in [0.15, 0.2) is 35.4 Å². The van der Waals surface area contributed by atoms with E-state index in [9.17, 15) is 15.0 Å². The number of carbonyl (C=O) groups is 1. The number of aromatic hydroxyl groups is 2. The maximum absolute atomic E-state index is 13.7. The number of phenolic OH excluding ortho intramolecular Hbond substituents is 2. The van der Waals surface area contributed by atoms with Crippen molar-refractivity contribution in [1.29, 1.82) is 0 Å². The van der Waals surface area contributed by atoms with Crippen molar-refractivity contribution in [1.82, 2.24) is 5.32 Å². The fourth-order valence-corrected chi connectivity index (χ4v) is 5.10. The van der Waals surface area contributed by atoms with Crippen molar-refractivity contribution >= 4 is 17.9 Å². The molecule has 0 amide bonds. The Morgan fingerprint density at radius 3 is 1.05 bits per heavy atom. The molecule has 3 N–H and O–H groups in total. The van der Waals surface area contributed by atoms with E-state index >= 15 is 0 Å². The van der Waals surface area contributed by atoms with Gasteiger partial charge in [-0.3, -0.25) is 4.79 Å². The van der Waals surface area contributed by atoms with Crippen molar-refractivity contribution < 1.29 is 15.0 Å². The summed E-state index contributed by atoms with van der Waals surface area (Å²) in [5.41, 5.74) is 5.77. The van der Waals surface area contributed by atoms with Crippen LogP contribution in [0.2, 0.25) is 0 Å². The average Bonchev–Trinajstić information content (AvgIpc) is 2.75. The second-order valence-corrected chi connectivity index (χ2v) is 15.2. The zero-order chi connectivity index (χ0) is 29.7. The van der Waals surface area contributed by atoms with Crippen LogP contribution in [-0.4, -0.2) is 29.1 Å². The molecule has 3 rings (SSSR count). The number of Topliss-reactive ketones (excluding diaryl/α,β-unsaturated/α-hetero) is 1. The lowest BCUT2D eigenvalue weighted by Gasteiger charge is -2.28. The molecular weight excluding hydrogens is 482 g/mol. The van der Waals surface area contributed by atoms with Crippen molar-refractivity contribution in [2.24, 2.45) is 0 Å². The molecule has 212 valence electrons. The first-order chi connectivity index (χ1) is 17.6. The highest BCUT2D eigenvalue weighted by molar-refractivity contribution is 6.14. The number of rotatable bonds is 2. The summed E-state index contributed by atoms with van der Waals surface area (Å²) in [4.78, 5) is 13.7. The Labute approximate surface area is 236 Å². The van der Waals surface area contributed by atoms with Crippen LogP contribution in [-0.2, 0) is 26.5 Å². The van der Waals surface area contributed by atoms with Gasteiger partial charge in [0.25, 0.3) is 0 Å². The molecule has 0 atom stereocenters. The number of carbonyl (C=O) groups excluding carboxylic acids is 1. The molecule has 0 radical (unpaired) electrons. The van der Waals surface area contributed by atoms with E-state index in [-0.39, 0.29) is 27.4 Å². The van der Waals surface area contributed by atoms with Crippen LogP contribution in [0, 0.1) is 0 Å². The topological polar surface area (TPSA) is 69.6 Å². The summed E-state index contributed by atoms with van der Waals surface area (Å²) in [7, 11) is 0. The first-order valence-corrected chi connectivity index (χ1v) is 14.0. The summed E-state index contributed by atoms with van der Waals surface area (Å²) in [5.74, 6) is 0.698. The standard InChI is InChI=1S/C35H49NO3/c1-32(2,3)25-15-21(16-26(30(25)38)33(4,5)6)13-23-19-36-20-24(29(23)37)14-22-17-27(34(7,8)9)31(39)28(18-22)35(10,11)12/h13-18,36,38-39H,19-20H2,1-12H3/b23-13+,24-14+. The smallest absolute Gasteiger partial charge is 0.187 e. The third-order valence-electron chi connectivity index (χ3n) is 7.39. The number of benzene rings is 2. The van der Waals surface area contributed by atoms with Crippen LogP contribution in [0.1, 0.15) is 116 Å². The van der Waals surface area contributed by atoms with E-state index < -0.39 is 0 Å². The van der Waals surface area contributed by atoms with Gasteiger partial charge >= 0.3 is 0 Å². The Bertz CT molecular complexity index is 1160. The van der Waals surface area contributed by atoms with E-state index in [1.165, 1.54) is 0 Å². The molecule has 1 saturated heterocycles. The van der Waals surface area contributed by atoms with Crippen LogP contribution < -0.4 is 5.32 Å². The number of phenols is 2. The second kappa shape index (κ2) is 10.3. The average molecular weight is 532 g/mol. The molecule has 4 nitrogen and oxygen atoms in total. The fraction of sp³-hybridized carbons (Fsp3) is 0.514. The van der Waals surface area contributed by atoms with Crippen LogP contribution in [0.5, 0.6) is 11.5 Å². The molecule has 39 heavy (non-hydrogen) atoms. The van der Waals surface area contributed by atoms with Gasteiger partial charge in [0.05, 0.1) is 0 Å². The van der Waals surface area contributed by atoms with Crippen molar-refractivity contribution in [3.8, 4) is 11.5 Å². The van der Waals surface area contributed by atoms with Gasteiger partial charge in [-0.15, -0.1) is 0 Å². The Balaban J connectivity index is 2.13. The molecule has 0 aliphatic carbocycles. The highest BCUT2D eigenvalue weighted by Crippen LogP contribution is 2.42. The fourth-order valence-electron chi connectivity index (χ4n) is 5.10. The Hall–Kier alpha value is -2.85. The second-order valence-electron chi connectivity index (χ2n) is 15.2. The predicted octanol–water partition coefficient (Wildman–Crippen LogP) is 7.93. The van der Waals surface area contributed by atoms with Gasteiger partial charge in [0, 0.05) is 46.5 Å². The molecule has 1 aliphatic heterocycles. The van der Waals surface area contributed by atoms with Gasteiger partial charge in [-0.2, -0.15) is 0 Å². The lowest BCUT2D eigenvalue weighted by atomic mass is 9.78. The maximum atomic E-state index is 13.7. The Kier molecular flexibility index (Phi) is 8.09. The molecule has 2 aromatic rings. The monoisotopic (exact) mass is 531 g/mol. The summed E-state index contributed by atoms with van der Waals surface area (Å²) in [6.45, 7) is 26.1. The lowest BCUT2D eigenvalue weighted by Crippen LogP contribution is -2.32. The quantitative estimate of drug-likeness (QED) is 0.344. The summed E-state index contributed by atoms with van der Waals surface area (Å²) in [6.07, 6.45) is 3.93. The highest BCUT2D eigenvalue weighted by atomic mass is 16.3. The largest absolute Gasteiger partial charge is 0.507 e. The molecule has 1 heterocycles. The third kappa shape index (κ3) is 6.84.